The SMILES string of the molecule is CCCCCCCC/C=C/CC/C=C/CC/C=C/CCCC(O)C(O)C(COC1OC(CO)C(O)C(O)C1O)NC(=O)C(O)CCCCCCCCCCCCCCCCCC/C=C\C/C=C\CCCCCCCCCCCCC. The fourth-order valence-electron chi connectivity index (χ4n) is 10.6. The Morgan fingerprint density at radius 3 is 1.19 bits per heavy atom. The minimum Gasteiger partial charge on any atom is -0.394 e. The van der Waals surface area contributed by atoms with Crippen molar-refractivity contribution in [1.29, 1.82) is 0 Å². The lowest BCUT2D eigenvalue weighted by atomic mass is 9.98. The molecule has 1 aliphatic heterocycles. The molecular formula is C69H127NO10. The maximum atomic E-state index is 13.2. The van der Waals surface area contributed by atoms with E-state index < -0.39 is 74.2 Å². The Morgan fingerprint density at radius 1 is 0.438 bits per heavy atom. The van der Waals surface area contributed by atoms with Crippen LogP contribution in [0.1, 0.15) is 303 Å². The zero-order valence-corrected chi connectivity index (χ0v) is 51.6. The zero-order chi connectivity index (χ0) is 58.2. The molecule has 0 aromatic carbocycles. The van der Waals surface area contributed by atoms with E-state index in [4.69, 9.17) is 9.47 Å². The van der Waals surface area contributed by atoms with Crippen molar-refractivity contribution < 1.29 is 50.0 Å². The van der Waals surface area contributed by atoms with Gasteiger partial charge in [0.2, 0.25) is 5.91 Å². The van der Waals surface area contributed by atoms with Gasteiger partial charge in [-0.05, 0) is 96.3 Å². The average Bonchev–Trinajstić information content (AvgIpc) is 3.47. The highest BCUT2D eigenvalue weighted by atomic mass is 16.7. The van der Waals surface area contributed by atoms with Crippen molar-refractivity contribution >= 4 is 5.91 Å². The number of carbonyl (C=O) groups excluding carboxylic acids is 1. The normalized spacial score (nSPS) is 19.6. The molecule has 1 heterocycles. The smallest absolute Gasteiger partial charge is 0.249 e. The van der Waals surface area contributed by atoms with Gasteiger partial charge in [-0.25, -0.2) is 0 Å². The predicted octanol–water partition coefficient (Wildman–Crippen LogP) is 15.7. The topological polar surface area (TPSA) is 189 Å². The highest BCUT2D eigenvalue weighted by molar-refractivity contribution is 5.80. The lowest BCUT2D eigenvalue weighted by molar-refractivity contribution is -0.303. The Hall–Kier alpha value is -2.19. The number of unbranched alkanes of at least 4 members (excludes halogenated alkanes) is 36. The third-order valence-electron chi connectivity index (χ3n) is 16.0. The number of carbonyl (C=O) groups is 1. The van der Waals surface area contributed by atoms with Crippen LogP contribution in [0.25, 0.3) is 0 Å². The minimum absolute atomic E-state index is 0.240. The molecule has 0 aromatic heterocycles. The molecule has 0 aromatic rings. The van der Waals surface area contributed by atoms with Gasteiger partial charge in [0, 0.05) is 0 Å². The van der Waals surface area contributed by atoms with Crippen LogP contribution in [-0.4, -0.2) is 110 Å². The van der Waals surface area contributed by atoms with Crippen molar-refractivity contribution in [2.75, 3.05) is 13.2 Å². The molecule has 1 amide bonds. The van der Waals surface area contributed by atoms with E-state index >= 15 is 0 Å². The number of nitrogens with one attached hydrogen (secondary N) is 1. The first-order chi connectivity index (χ1) is 39.2. The van der Waals surface area contributed by atoms with Crippen LogP contribution in [0.2, 0.25) is 0 Å². The summed E-state index contributed by atoms with van der Waals surface area (Å²) >= 11 is 0. The number of rotatable bonds is 58. The Labute approximate surface area is 491 Å². The summed E-state index contributed by atoms with van der Waals surface area (Å²) in [5, 5.41) is 76.3. The second kappa shape index (κ2) is 57.3. The summed E-state index contributed by atoms with van der Waals surface area (Å²) in [7, 11) is 0. The molecule has 1 rings (SSSR count). The van der Waals surface area contributed by atoms with E-state index in [1.54, 1.807) is 0 Å². The summed E-state index contributed by atoms with van der Waals surface area (Å²) in [6.45, 7) is 3.45. The molecule has 0 bridgehead atoms. The van der Waals surface area contributed by atoms with E-state index in [9.17, 15) is 40.5 Å². The number of hydrogen-bond donors (Lipinski definition) is 8. The first kappa shape index (κ1) is 75.8. The van der Waals surface area contributed by atoms with Crippen LogP contribution >= 0.6 is 0 Å². The standard InChI is InChI=1S/C69H127NO10/c1-3-5-7-9-11-13-15-17-19-21-23-24-25-26-27-28-29-30-31-32-33-34-35-36-37-39-41-43-45-47-49-51-53-55-57-62(73)68(78)70-60(59-79-69-67(77)66(76)65(75)63(58-71)80-69)64(74)61(72)56-54-52-50-48-46-44-42-40-38-22-20-18-16-14-12-10-8-6-4-2/h18,20,25-26,28-29,40,42,48,50,60-67,69,71-77H,3-17,19,21-24,27,30-39,41,43-47,49,51-59H2,1-2H3,(H,70,78)/b20-18+,26-25-,29-28-,42-40+,50-48+. The van der Waals surface area contributed by atoms with Crippen LogP contribution in [0.5, 0.6) is 0 Å². The highest BCUT2D eigenvalue weighted by Gasteiger charge is 2.44. The second-order valence-corrected chi connectivity index (χ2v) is 23.5. The molecule has 0 radical (unpaired) electrons. The molecule has 1 saturated heterocycles. The largest absolute Gasteiger partial charge is 0.394 e. The number of allylic oxidation sites excluding steroid dienone is 10. The van der Waals surface area contributed by atoms with Crippen LogP contribution in [0.15, 0.2) is 60.8 Å². The molecule has 80 heavy (non-hydrogen) atoms. The van der Waals surface area contributed by atoms with Gasteiger partial charge in [-0.15, -0.1) is 0 Å². The second-order valence-electron chi connectivity index (χ2n) is 23.5. The number of amides is 1. The summed E-state index contributed by atoms with van der Waals surface area (Å²) in [4.78, 5) is 13.2. The van der Waals surface area contributed by atoms with E-state index in [1.807, 2.05) is 0 Å². The quantitative estimate of drug-likeness (QED) is 0.0215. The van der Waals surface area contributed by atoms with Gasteiger partial charge in [0.1, 0.15) is 36.6 Å². The van der Waals surface area contributed by atoms with Gasteiger partial charge in [-0.3, -0.25) is 4.79 Å². The third-order valence-corrected chi connectivity index (χ3v) is 16.0. The molecule has 8 N–H and O–H groups in total. The molecule has 0 aliphatic carbocycles. The maximum absolute atomic E-state index is 13.2. The minimum atomic E-state index is -1.68. The van der Waals surface area contributed by atoms with Gasteiger partial charge in [0.15, 0.2) is 6.29 Å². The molecule has 11 nitrogen and oxygen atoms in total. The summed E-state index contributed by atoms with van der Waals surface area (Å²) in [5.74, 6) is -0.711. The van der Waals surface area contributed by atoms with Gasteiger partial charge in [0.25, 0.3) is 0 Å². The van der Waals surface area contributed by atoms with Gasteiger partial charge in [-0.2, -0.15) is 0 Å². The van der Waals surface area contributed by atoms with Crippen LogP contribution in [-0.2, 0) is 14.3 Å². The molecule has 11 heteroatoms. The average molecular weight is 1130 g/mol. The first-order valence-corrected chi connectivity index (χ1v) is 33.7. The van der Waals surface area contributed by atoms with E-state index in [0.29, 0.717) is 19.3 Å². The Bertz CT molecular complexity index is 1480. The fraction of sp³-hybridized carbons (Fsp3) is 0.841. The fourth-order valence-corrected chi connectivity index (χ4v) is 10.6. The van der Waals surface area contributed by atoms with Crippen molar-refractivity contribution in [3.63, 3.8) is 0 Å². The maximum Gasteiger partial charge on any atom is 0.249 e. The monoisotopic (exact) mass is 1130 g/mol. The summed E-state index contributed by atoms with van der Waals surface area (Å²) in [6, 6.07) is -1.20. The summed E-state index contributed by atoms with van der Waals surface area (Å²) < 4.78 is 11.2. The van der Waals surface area contributed by atoms with Crippen LogP contribution < -0.4 is 5.32 Å². The van der Waals surface area contributed by atoms with Crippen LogP contribution in [0, 0.1) is 0 Å². The van der Waals surface area contributed by atoms with E-state index in [0.717, 1.165) is 51.4 Å². The molecule has 0 saturated carbocycles. The van der Waals surface area contributed by atoms with Crippen molar-refractivity contribution in [3.8, 4) is 0 Å². The van der Waals surface area contributed by atoms with Gasteiger partial charge in [-0.1, -0.05) is 267 Å². The number of ether oxygens (including phenoxy) is 2. The molecule has 9 unspecified atom stereocenters. The van der Waals surface area contributed by atoms with E-state index in [2.05, 4.69) is 79.9 Å². The van der Waals surface area contributed by atoms with E-state index in [1.165, 1.54) is 205 Å². The van der Waals surface area contributed by atoms with Crippen molar-refractivity contribution in [2.24, 2.45) is 0 Å². The van der Waals surface area contributed by atoms with Crippen molar-refractivity contribution in [1.82, 2.24) is 5.32 Å². The Balaban J connectivity index is 2.21. The van der Waals surface area contributed by atoms with Crippen LogP contribution in [0.4, 0.5) is 0 Å². The Kier molecular flexibility index (Phi) is 54.3. The van der Waals surface area contributed by atoms with E-state index in [-0.39, 0.29) is 12.8 Å². The molecular weight excluding hydrogens is 1000 g/mol. The number of aliphatic hydroxyl groups excluding tert-OH is 7. The molecule has 1 aliphatic rings. The first-order valence-electron chi connectivity index (χ1n) is 33.7. The van der Waals surface area contributed by atoms with Gasteiger partial charge in [0.05, 0.1) is 25.4 Å². The number of aliphatic hydroxyl groups is 7. The lowest BCUT2D eigenvalue weighted by Gasteiger charge is -2.40. The van der Waals surface area contributed by atoms with Crippen molar-refractivity contribution in [2.45, 2.75) is 358 Å². The van der Waals surface area contributed by atoms with Gasteiger partial charge < -0.3 is 50.5 Å². The number of hydrogen-bond acceptors (Lipinski definition) is 10. The summed E-state index contributed by atoms with van der Waals surface area (Å²) in [6.07, 6.45) is 64.4. The highest BCUT2D eigenvalue weighted by Crippen LogP contribution is 2.23. The zero-order valence-electron chi connectivity index (χ0n) is 51.6. The summed E-state index contributed by atoms with van der Waals surface area (Å²) in [5.41, 5.74) is 0. The van der Waals surface area contributed by atoms with Crippen molar-refractivity contribution in [3.05, 3.63) is 60.8 Å². The Morgan fingerprint density at radius 2 is 0.787 bits per heavy atom. The molecule has 0 spiro atoms. The molecule has 9 atom stereocenters. The lowest BCUT2D eigenvalue weighted by Crippen LogP contribution is -2.60. The molecule has 1 fully saturated rings. The van der Waals surface area contributed by atoms with Gasteiger partial charge >= 0.3 is 0 Å². The third kappa shape index (κ3) is 44.3. The van der Waals surface area contributed by atoms with Crippen LogP contribution in [0.3, 0.4) is 0 Å². The molecule has 468 valence electrons. The predicted molar refractivity (Wildman–Crippen MR) is 334 cm³/mol.